The second kappa shape index (κ2) is 9.00. The number of amides is 1. The van der Waals surface area contributed by atoms with Crippen LogP contribution in [0.25, 0.3) is 0 Å². The van der Waals surface area contributed by atoms with Gasteiger partial charge in [0.25, 0.3) is 0 Å². The summed E-state index contributed by atoms with van der Waals surface area (Å²) < 4.78 is 6.21. The van der Waals surface area contributed by atoms with Gasteiger partial charge in [0.2, 0.25) is 5.91 Å². The molecule has 0 spiro atoms. The van der Waals surface area contributed by atoms with Crippen LogP contribution in [0, 0.1) is 0 Å². The highest BCUT2D eigenvalue weighted by molar-refractivity contribution is 6.00. The summed E-state index contributed by atoms with van der Waals surface area (Å²) in [6.45, 7) is 0.762. The lowest BCUT2D eigenvalue weighted by Crippen LogP contribution is -2.36. The minimum absolute atomic E-state index is 0.0834. The van der Waals surface area contributed by atoms with Gasteiger partial charge in [-0.1, -0.05) is 12.1 Å². The molecule has 0 radical (unpaired) electrons. The summed E-state index contributed by atoms with van der Waals surface area (Å²) in [4.78, 5) is 44.4. The SMILES string of the molecule is CC(=O)Nc1ccccc1C(=O)ONc1ccn([C@@H]2O[C@H](CO)[C@@H](O)[C@H]2O)c(=O)n1. The molecule has 1 aliphatic heterocycles. The van der Waals surface area contributed by atoms with Crippen molar-refractivity contribution in [2.45, 2.75) is 31.5 Å². The van der Waals surface area contributed by atoms with Crippen molar-refractivity contribution in [3.05, 3.63) is 52.6 Å². The maximum atomic E-state index is 12.3. The molecule has 30 heavy (non-hydrogen) atoms. The summed E-state index contributed by atoms with van der Waals surface area (Å²) in [5, 5.41) is 31.4. The number of nitrogens with zero attached hydrogens (tertiary/aromatic N) is 2. The van der Waals surface area contributed by atoms with Crippen molar-refractivity contribution in [1.82, 2.24) is 9.55 Å². The van der Waals surface area contributed by atoms with Crippen LogP contribution in [0.5, 0.6) is 0 Å². The van der Waals surface area contributed by atoms with Crippen molar-refractivity contribution < 1.29 is 34.5 Å². The van der Waals surface area contributed by atoms with Crippen LogP contribution >= 0.6 is 0 Å². The molecule has 2 heterocycles. The Morgan fingerprint density at radius 3 is 2.60 bits per heavy atom. The van der Waals surface area contributed by atoms with Gasteiger partial charge < -0.3 is 30.2 Å². The molecule has 0 saturated carbocycles. The Kier molecular flexibility index (Phi) is 6.42. The quantitative estimate of drug-likeness (QED) is 0.365. The average molecular weight is 420 g/mol. The molecule has 2 aromatic rings. The molecular weight excluding hydrogens is 400 g/mol. The zero-order valence-electron chi connectivity index (χ0n) is 15.8. The Balaban J connectivity index is 1.69. The van der Waals surface area contributed by atoms with Gasteiger partial charge in [0.1, 0.15) is 18.3 Å². The van der Waals surface area contributed by atoms with E-state index >= 15 is 0 Å². The fourth-order valence-electron chi connectivity index (χ4n) is 2.89. The molecule has 3 rings (SSSR count). The summed E-state index contributed by atoms with van der Waals surface area (Å²) in [6.07, 6.45) is -3.87. The molecule has 1 fully saturated rings. The molecule has 1 aromatic carbocycles. The number of carbonyl (C=O) groups excluding carboxylic acids is 2. The van der Waals surface area contributed by atoms with Gasteiger partial charge in [0, 0.05) is 19.2 Å². The molecule has 5 N–H and O–H groups in total. The van der Waals surface area contributed by atoms with Gasteiger partial charge in [0.15, 0.2) is 12.0 Å². The zero-order chi connectivity index (χ0) is 21.8. The number of aliphatic hydroxyl groups is 3. The summed E-state index contributed by atoms with van der Waals surface area (Å²) >= 11 is 0. The van der Waals surface area contributed by atoms with E-state index in [2.05, 4.69) is 15.8 Å². The van der Waals surface area contributed by atoms with Gasteiger partial charge in [-0.15, -0.1) is 0 Å². The van der Waals surface area contributed by atoms with Crippen LogP contribution < -0.4 is 16.5 Å². The van der Waals surface area contributed by atoms with Crippen LogP contribution in [0.4, 0.5) is 11.5 Å². The van der Waals surface area contributed by atoms with Gasteiger partial charge >= 0.3 is 11.7 Å². The zero-order valence-corrected chi connectivity index (χ0v) is 15.8. The van der Waals surface area contributed by atoms with Crippen molar-refractivity contribution in [2.24, 2.45) is 0 Å². The van der Waals surface area contributed by atoms with Crippen LogP contribution in [-0.2, 0) is 14.4 Å². The third-order valence-corrected chi connectivity index (χ3v) is 4.33. The van der Waals surface area contributed by atoms with Crippen LogP contribution in [0.3, 0.4) is 0 Å². The van der Waals surface area contributed by atoms with E-state index in [9.17, 15) is 24.6 Å². The molecule has 1 aromatic heterocycles. The fourth-order valence-corrected chi connectivity index (χ4v) is 2.89. The summed E-state index contributed by atoms with van der Waals surface area (Å²) in [5.74, 6) is -1.29. The number of ether oxygens (including phenoxy) is 1. The van der Waals surface area contributed by atoms with Crippen LogP contribution in [-0.4, -0.2) is 61.7 Å². The highest BCUT2D eigenvalue weighted by atomic mass is 16.7. The highest BCUT2D eigenvalue weighted by Crippen LogP contribution is 2.28. The molecule has 4 atom stereocenters. The predicted octanol–water partition coefficient (Wildman–Crippen LogP) is -1.00. The van der Waals surface area contributed by atoms with E-state index in [1.165, 1.54) is 31.3 Å². The molecule has 1 aliphatic rings. The van der Waals surface area contributed by atoms with Crippen LogP contribution in [0.1, 0.15) is 23.5 Å². The third kappa shape index (κ3) is 4.46. The minimum atomic E-state index is -1.44. The molecule has 1 amide bonds. The van der Waals surface area contributed by atoms with Gasteiger partial charge in [-0.05, 0) is 12.1 Å². The maximum absolute atomic E-state index is 12.3. The lowest BCUT2D eigenvalue weighted by atomic mass is 10.1. The third-order valence-electron chi connectivity index (χ3n) is 4.33. The van der Waals surface area contributed by atoms with Crippen molar-refractivity contribution in [3.63, 3.8) is 0 Å². The summed E-state index contributed by atoms with van der Waals surface area (Å²) in [7, 11) is 0. The summed E-state index contributed by atoms with van der Waals surface area (Å²) in [6, 6.07) is 7.47. The van der Waals surface area contributed by atoms with E-state index in [1.807, 2.05) is 0 Å². The first kappa shape index (κ1) is 21.4. The van der Waals surface area contributed by atoms with Gasteiger partial charge in [0.05, 0.1) is 17.9 Å². The number of para-hydroxylation sites is 1. The second-order valence-corrected chi connectivity index (χ2v) is 6.45. The number of anilines is 2. The van der Waals surface area contributed by atoms with Crippen molar-refractivity contribution in [2.75, 3.05) is 17.4 Å². The molecular formula is C18H20N4O8. The monoisotopic (exact) mass is 420 g/mol. The van der Waals surface area contributed by atoms with E-state index < -0.39 is 42.8 Å². The maximum Gasteiger partial charge on any atom is 0.364 e. The average Bonchev–Trinajstić information content (AvgIpc) is 3.00. The number of hydrogen-bond donors (Lipinski definition) is 5. The van der Waals surface area contributed by atoms with E-state index in [0.717, 1.165) is 4.57 Å². The van der Waals surface area contributed by atoms with E-state index in [1.54, 1.807) is 12.1 Å². The Labute approximate surface area is 169 Å². The van der Waals surface area contributed by atoms with E-state index in [-0.39, 0.29) is 23.0 Å². The predicted molar refractivity (Wildman–Crippen MR) is 101 cm³/mol. The Bertz CT molecular complexity index is 994. The molecule has 0 aliphatic carbocycles. The van der Waals surface area contributed by atoms with Crippen molar-refractivity contribution in [3.8, 4) is 0 Å². The Morgan fingerprint density at radius 1 is 1.23 bits per heavy atom. The minimum Gasteiger partial charge on any atom is -0.394 e. The number of aliphatic hydroxyl groups excluding tert-OH is 3. The molecule has 12 nitrogen and oxygen atoms in total. The first-order chi connectivity index (χ1) is 14.3. The van der Waals surface area contributed by atoms with Crippen molar-refractivity contribution in [1.29, 1.82) is 0 Å². The normalized spacial score (nSPS) is 23.1. The number of nitrogens with one attached hydrogen (secondary N) is 2. The lowest BCUT2D eigenvalue weighted by Gasteiger charge is -2.17. The molecule has 160 valence electrons. The van der Waals surface area contributed by atoms with Crippen LogP contribution in [0.2, 0.25) is 0 Å². The second-order valence-electron chi connectivity index (χ2n) is 6.45. The van der Waals surface area contributed by atoms with Gasteiger partial charge in [-0.3, -0.25) is 9.36 Å². The molecule has 0 bridgehead atoms. The van der Waals surface area contributed by atoms with E-state index in [4.69, 9.17) is 14.7 Å². The van der Waals surface area contributed by atoms with Gasteiger partial charge in [-0.2, -0.15) is 10.5 Å². The smallest absolute Gasteiger partial charge is 0.364 e. The number of carbonyl (C=O) groups is 2. The standard InChI is InChI=1S/C18H20N4O8/c1-9(24)19-11-5-3-2-4-10(11)17(27)30-21-13-6-7-22(18(28)20-13)16-15(26)14(25)12(8-23)29-16/h2-7,12,14-16,23,25-26H,8H2,1H3,(H,19,24)(H,20,21,28)/t12-,14-,15-,16-/m1/s1. The number of aromatic nitrogens is 2. The Morgan fingerprint density at radius 2 is 1.97 bits per heavy atom. The lowest BCUT2D eigenvalue weighted by molar-refractivity contribution is -0.114. The first-order valence-corrected chi connectivity index (χ1v) is 8.87. The van der Waals surface area contributed by atoms with E-state index in [0.29, 0.717) is 0 Å². The fraction of sp³-hybridized carbons (Fsp3) is 0.333. The molecule has 12 heteroatoms. The first-order valence-electron chi connectivity index (χ1n) is 8.87. The van der Waals surface area contributed by atoms with Crippen molar-refractivity contribution >= 4 is 23.4 Å². The Hall–Kier alpha value is -3.32. The number of hydrogen-bond acceptors (Lipinski definition) is 10. The molecule has 1 saturated heterocycles. The van der Waals surface area contributed by atoms with Gasteiger partial charge in [-0.25, -0.2) is 9.59 Å². The highest BCUT2D eigenvalue weighted by Gasteiger charge is 2.43. The topological polar surface area (TPSA) is 172 Å². The van der Waals surface area contributed by atoms with Crippen LogP contribution in [0.15, 0.2) is 41.3 Å². The molecule has 0 unspecified atom stereocenters. The number of rotatable bonds is 6. The summed E-state index contributed by atoms with van der Waals surface area (Å²) in [5.41, 5.74) is 1.72. The number of benzene rings is 1. The largest absolute Gasteiger partial charge is 0.394 e.